The predicted molar refractivity (Wildman–Crippen MR) is 133 cm³/mol. The smallest absolute Gasteiger partial charge is 0.315 e. The molecule has 1 saturated heterocycles. The third-order valence-corrected chi connectivity index (χ3v) is 6.38. The highest BCUT2D eigenvalue weighted by atomic mass is 16.2. The molecule has 5 heteroatoms. The Balaban J connectivity index is 1.31. The molecule has 0 aromatic heterocycles. The third kappa shape index (κ3) is 5.61. The van der Waals surface area contributed by atoms with Crippen molar-refractivity contribution in [2.24, 2.45) is 0 Å². The van der Waals surface area contributed by atoms with E-state index in [4.69, 9.17) is 0 Å². The van der Waals surface area contributed by atoms with Crippen LogP contribution in [-0.4, -0.2) is 31.1 Å². The van der Waals surface area contributed by atoms with Crippen molar-refractivity contribution in [2.75, 3.05) is 18.0 Å². The summed E-state index contributed by atoms with van der Waals surface area (Å²) in [6, 6.07) is 26.3. The Labute approximate surface area is 195 Å². The Kier molecular flexibility index (Phi) is 7.08. The summed E-state index contributed by atoms with van der Waals surface area (Å²) in [5.74, 6) is 0.248. The fourth-order valence-corrected chi connectivity index (χ4v) is 4.41. The molecule has 0 radical (unpaired) electrons. The van der Waals surface area contributed by atoms with Gasteiger partial charge in [-0.15, -0.1) is 0 Å². The van der Waals surface area contributed by atoms with Crippen LogP contribution in [0.4, 0.5) is 10.5 Å². The van der Waals surface area contributed by atoms with E-state index in [1.807, 2.05) is 61.5 Å². The second kappa shape index (κ2) is 10.3. The van der Waals surface area contributed by atoms with E-state index in [0.717, 1.165) is 17.7 Å². The number of benzene rings is 3. The number of nitrogens with zero attached hydrogens (tertiary/aromatic N) is 1. The molecule has 0 spiro atoms. The molecule has 1 atom stereocenters. The quantitative estimate of drug-likeness (QED) is 0.546. The van der Waals surface area contributed by atoms with Crippen LogP contribution in [0.15, 0.2) is 78.9 Å². The molecule has 1 fully saturated rings. The fraction of sp³-hybridized carbons (Fsp3) is 0.286. The average Bonchev–Trinajstić information content (AvgIpc) is 3.19. The number of carbonyl (C=O) groups is 2. The van der Waals surface area contributed by atoms with E-state index in [1.54, 1.807) is 4.90 Å². The van der Waals surface area contributed by atoms with Gasteiger partial charge in [-0.25, -0.2) is 4.79 Å². The van der Waals surface area contributed by atoms with Gasteiger partial charge in [-0.1, -0.05) is 66.7 Å². The van der Waals surface area contributed by atoms with Crippen LogP contribution in [0, 0.1) is 13.8 Å². The zero-order valence-electron chi connectivity index (χ0n) is 19.3. The summed E-state index contributed by atoms with van der Waals surface area (Å²) < 4.78 is 0. The van der Waals surface area contributed by atoms with Crippen LogP contribution in [0.1, 0.15) is 41.0 Å². The van der Waals surface area contributed by atoms with Gasteiger partial charge in [0.15, 0.2) is 0 Å². The number of hydrogen-bond donors (Lipinski definition) is 2. The van der Waals surface area contributed by atoms with Crippen molar-refractivity contribution in [3.8, 4) is 0 Å². The molecule has 0 saturated carbocycles. The molecule has 0 aliphatic carbocycles. The molecule has 4 rings (SSSR count). The zero-order valence-corrected chi connectivity index (χ0v) is 19.3. The van der Waals surface area contributed by atoms with E-state index in [2.05, 4.69) is 41.8 Å². The maximum Gasteiger partial charge on any atom is 0.315 e. The normalized spacial score (nSPS) is 15.7. The van der Waals surface area contributed by atoms with Crippen LogP contribution >= 0.6 is 0 Å². The number of nitrogens with one attached hydrogen (secondary N) is 2. The molecule has 0 bridgehead atoms. The van der Waals surface area contributed by atoms with E-state index in [1.165, 1.54) is 16.7 Å². The monoisotopic (exact) mass is 441 g/mol. The van der Waals surface area contributed by atoms with E-state index in [9.17, 15) is 9.59 Å². The Morgan fingerprint density at radius 2 is 1.58 bits per heavy atom. The Hall–Kier alpha value is -3.60. The van der Waals surface area contributed by atoms with E-state index >= 15 is 0 Å². The van der Waals surface area contributed by atoms with Gasteiger partial charge in [-0.05, 0) is 54.7 Å². The highest BCUT2D eigenvalue weighted by molar-refractivity contribution is 5.96. The second-order valence-electron chi connectivity index (χ2n) is 8.74. The summed E-state index contributed by atoms with van der Waals surface area (Å²) in [7, 11) is 0. The van der Waals surface area contributed by atoms with E-state index in [0.29, 0.717) is 19.5 Å². The number of amides is 3. The van der Waals surface area contributed by atoms with Gasteiger partial charge in [-0.2, -0.15) is 0 Å². The van der Waals surface area contributed by atoms with Crippen molar-refractivity contribution in [1.29, 1.82) is 0 Å². The molecule has 170 valence electrons. The van der Waals surface area contributed by atoms with Gasteiger partial charge in [0.05, 0.1) is 6.04 Å². The van der Waals surface area contributed by atoms with Crippen LogP contribution in [0.5, 0.6) is 0 Å². The first-order valence-electron chi connectivity index (χ1n) is 11.5. The standard InChI is InChI=1S/C28H31N3O2/c1-20-13-14-25(17-21(20)2)31-19-24(18-27(31)32)30-28(33)29-16-15-26(22-9-5-3-6-10-22)23-11-7-4-8-12-23/h3-14,17,24,26H,15-16,18-19H2,1-2H3,(H2,29,30,33). The van der Waals surface area contributed by atoms with Crippen LogP contribution in [0.25, 0.3) is 0 Å². The van der Waals surface area contributed by atoms with E-state index in [-0.39, 0.29) is 23.9 Å². The molecule has 33 heavy (non-hydrogen) atoms. The summed E-state index contributed by atoms with van der Waals surface area (Å²) in [6.07, 6.45) is 1.11. The van der Waals surface area contributed by atoms with Gasteiger partial charge in [0.1, 0.15) is 0 Å². The minimum atomic E-state index is -0.227. The van der Waals surface area contributed by atoms with Gasteiger partial charge in [0, 0.05) is 31.1 Å². The third-order valence-electron chi connectivity index (χ3n) is 6.38. The van der Waals surface area contributed by atoms with Crippen molar-refractivity contribution in [2.45, 2.75) is 38.6 Å². The number of hydrogen-bond acceptors (Lipinski definition) is 2. The van der Waals surface area contributed by atoms with Crippen LogP contribution in [-0.2, 0) is 4.79 Å². The number of urea groups is 1. The number of rotatable bonds is 7. The summed E-state index contributed by atoms with van der Waals surface area (Å²) in [4.78, 5) is 26.8. The van der Waals surface area contributed by atoms with E-state index < -0.39 is 0 Å². The number of anilines is 1. The molecule has 3 aromatic rings. The van der Waals surface area contributed by atoms with Crippen molar-refractivity contribution >= 4 is 17.6 Å². The molecular formula is C28H31N3O2. The SMILES string of the molecule is Cc1ccc(N2CC(NC(=O)NCCC(c3ccccc3)c3ccccc3)CC2=O)cc1C. The highest BCUT2D eigenvalue weighted by Gasteiger charge is 2.31. The Morgan fingerprint density at radius 1 is 0.939 bits per heavy atom. The van der Waals surface area contributed by atoms with Crippen molar-refractivity contribution in [3.05, 3.63) is 101 Å². The average molecular weight is 442 g/mol. The second-order valence-corrected chi connectivity index (χ2v) is 8.74. The lowest BCUT2D eigenvalue weighted by atomic mass is 9.88. The Morgan fingerprint density at radius 3 is 2.18 bits per heavy atom. The fourth-order valence-electron chi connectivity index (χ4n) is 4.41. The highest BCUT2D eigenvalue weighted by Crippen LogP contribution is 2.27. The maximum absolute atomic E-state index is 12.6. The molecule has 3 aromatic carbocycles. The first-order valence-corrected chi connectivity index (χ1v) is 11.5. The first kappa shape index (κ1) is 22.6. The van der Waals surface area contributed by atoms with Gasteiger partial charge < -0.3 is 15.5 Å². The number of carbonyl (C=O) groups excluding carboxylic acids is 2. The van der Waals surface area contributed by atoms with Crippen molar-refractivity contribution in [3.63, 3.8) is 0 Å². The maximum atomic E-state index is 12.6. The number of aryl methyl sites for hydroxylation is 2. The molecule has 1 heterocycles. The summed E-state index contributed by atoms with van der Waals surface area (Å²) in [5.41, 5.74) is 5.71. The predicted octanol–water partition coefficient (Wildman–Crippen LogP) is 4.93. The molecule has 1 aliphatic rings. The van der Waals surface area contributed by atoms with Gasteiger partial charge in [0.2, 0.25) is 5.91 Å². The lowest BCUT2D eigenvalue weighted by molar-refractivity contribution is -0.117. The summed E-state index contributed by atoms with van der Waals surface area (Å²) in [5, 5.41) is 5.96. The molecule has 2 N–H and O–H groups in total. The van der Waals surface area contributed by atoms with Gasteiger partial charge in [-0.3, -0.25) is 4.79 Å². The van der Waals surface area contributed by atoms with Crippen molar-refractivity contribution in [1.82, 2.24) is 10.6 Å². The van der Waals surface area contributed by atoms with Crippen LogP contribution in [0.2, 0.25) is 0 Å². The van der Waals surface area contributed by atoms with Crippen molar-refractivity contribution < 1.29 is 9.59 Å². The molecule has 1 aliphatic heterocycles. The first-order chi connectivity index (χ1) is 16.0. The van der Waals surface area contributed by atoms with Crippen LogP contribution in [0.3, 0.4) is 0 Å². The minimum absolute atomic E-state index is 0.0387. The molecule has 1 unspecified atom stereocenters. The zero-order chi connectivity index (χ0) is 23.2. The topological polar surface area (TPSA) is 61.4 Å². The molecule has 3 amide bonds. The molecular weight excluding hydrogens is 410 g/mol. The summed E-state index contributed by atoms with van der Waals surface area (Å²) in [6.45, 7) is 5.13. The Bertz CT molecular complexity index is 1060. The molecule has 5 nitrogen and oxygen atoms in total. The van der Waals surface area contributed by atoms with Gasteiger partial charge in [0.25, 0.3) is 0 Å². The summed E-state index contributed by atoms with van der Waals surface area (Å²) >= 11 is 0. The minimum Gasteiger partial charge on any atom is -0.338 e. The van der Waals surface area contributed by atoms with Crippen LogP contribution < -0.4 is 15.5 Å². The van der Waals surface area contributed by atoms with Gasteiger partial charge >= 0.3 is 6.03 Å². The lowest BCUT2D eigenvalue weighted by Gasteiger charge is -2.20. The lowest BCUT2D eigenvalue weighted by Crippen LogP contribution is -2.43. The largest absolute Gasteiger partial charge is 0.338 e.